The maximum Gasteiger partial charge on any atom is 0.136 e. The minimum absolute atomic E-state index is 0.457. The Morgan fingerprint density at radius 1 is 1.50 bits per heavy atom. The van der Waals surface area contributed by atoms with E-state index in [2.05, 4.69) is 34.2 Å². The van der Waals surface area contributed by atoms with Crippen LogP contribution in [0.1, 0.15) is 12.5 Å². The molecule has 0 saturated heterocycles. The van der Waals surface area contributed by atoms with Crippen LogP contribution in [0, 0.1) is 0 Å². The van der Waals surface area contributed by atoms with Gasteiger partial charge in [0.15, 0.2) is 0 Å². The normalized spacial score (nSPS) is 12.6. The van der Waals surface area contributed by atoms with E-state index in [0.717, 1.165) is 16.6 Å². The van der Waals surface area contributed by atoms with Gasteiger partial charge in [0, 0.05) is 6.04 Å². The summed E-state index contributed by atoms with van der Waals surface area (Å²) < 4.78 is 6.36. The first-order valence-corrected chi connectivity index (χ1v) is 5.47. The summed E-state index contributed by atoms with van der Waals surface area (Å²) >= 11 is 3.47. The Morgan fingerprint density at radius 3 is 2.79 bits per heavy atom. The van der Waals surface area contributed by atoms with Gasteiger partial charge in [-0.15, -0.1) is 0 Å². The van der Waals surface area contributed by atoms with Crippen LogP contribution < -0.4 is 10.1 Å². The van der Waals surface area contributed by atoms with Crippen molar-refractivity contribution >= 4 is 15.9 Å². The molecule has 0 aliphatic carbocycles. The van der Waals surface area contributed by atoms with Crippen molar-refractivity contribution in [1.82, 2.24) is 5.32 Å². The molecule has 0 aliphatic heterocycles. The Morgan fingerprint density at radius 2 is 2.21 bits per heavy atom. The lowest BCUT2D eigenvalue weighted by Crippen LogP contribution is -2.23. The molecule has 0 aliphatic rings. The highest BCUT2D eigenvalue weighted by Gasteiger charge is 2.09. The van der Waals surface area contributed by atoms with Crippen molar-refractivity contribution in [3.8, 4) is 5.75 Å². The minimum Gasteiger partial charge on any atom is -0.495 e. The fourth-order valence-corrected chi connectivity index (χ4v) is 1.94. The fourth-order valence-electron chi connectivity index (χ4n) is 1.37. The molecule has 14 heavy (non-hydrogen) atoms. The largest absolute Gasteiger partial charge is 0.495 e. The van der Waals surface area contributed by atoms with Crippen molar-refractivity contribution in [2.45, 2.75) is 19.4 Å². The average Bonchev–Trinajstić information content (AvgIpc) is 2.18. The molecule has 0 spiro atoms. The minimum atomic E-state index is 0.457. The molecular weight excluding hydrogens is 242 g/mol. The van der Waals surface area contributed by atoms with E-state index in [1.165, 1.54) is 5.56 Å². The van der Waals surface area contributed by atoms with Gasteiger partial charge >= 0.3 is 0 Å². The van der Waals surface area contributed by atoms with Gasteiger partial charge in [0.1, 0.15) is 5.75 Å². The lowest BCUT2D eigenvalue weighted by molar-refractivity contribution is 0.404. The lowest BCUT2D eigenvalue weighted by atomic mass is 10.1. The molecule has 1 atom stereocenters. The van der Waals surface area contributed by atoms with Crippen LogP contribution in [-0.2, 0) is 6.42 Å². The highest BCUT2D eigenvalue weighted by molar-refractivity contribution is 9.10. The van der Waals surface area contributed by atoms with E-state index >= 15 is 0 Å². The predicted octanol–water partition coefficient (Wildman–Crippen LogP) is 2.61. The third kappa shape index (κ3) is 2.72. The third-order valence-electron chi connectivity index (χ3n) is 2.27. The molecule has 0 amide bonds. The summed E-state index contributed by atoms with van der Waals surface area (Å²) in [5.41, 5.74) is 1.23. The number of methoxy groups -OCH3 is 1. The van der Waals surface area contributed by atoms with E-state index < -0.39 is 0 Å². The fraction of sp³-hybridized carbons (Fsp3) is 0.455. The lowest BCUT2D eigenvalue weighted by Gasteiger charge is -2.14. The molecule has 2 nitrogen and oxygen atoms in total. The first-order valence-electron chi connectivity index (χ1n) is 4.67. The van der Waals surface area contributed by atoms with E-state index in [1.807, 2.05) is 19.2 Å². The molecule has 0 aromatic heterocycles. The second-order valence-corrected chi connectivity index (χ2v) is 4.18. The molecule has 0 saturated carbocycles. The van der Waals surface area contributed by atoms with Crippen LogP contribution in [0.5, 0.6) is 5.75 Å². The van der Waals surface area contributed by atoms with E-state index in [0.29, 0.717) is 6.04 Å². The van der Waals surface area contributed by atoms with Gasteiger partial charge in [0.2, 0.25) is 0 Å². The number of ether oxygens (including phenoxy) is 1. The molecule has 1 N–H and O–H groups in total. The van der Waals surface area contributed by atoms with Crippen LogP contribution in [0.4, 0.5) is 0 Å². The van der Waals surface area contributed by atoms with Crippen LogP contribution >= 0.6 is 15.9 Å². The molecule has 1 aromatic rings. The van der Waals surface area contributed by atoms with Crippen molar-refractivity contribution < 1.29 is 4.74 Å². The third-order valence-corrected chi connectivity index (χ3v) is 2.90. The summed E-state index contributed by atoms with van der Waals surface area (Å²) in [5.74, 6) is 0.939. The van der Waals surface area contributed by atoms with Crippen molar-refractivity contribution in [3.05, 3.63) is 28.2 Å². The van der Waals surface area contributed by atoms with Gasteiger partial charge in [0.25, 0.3) is 0 Å². The van der Waals surface area contributed by atoms with E-state index in [9.17, 15) is 0 Å². The summed E-state index contributed by atoms with van der Waals surface area (Å²) in [4.78, 5) is 0. The van der Waals surface area contributed by atoms with E-state index in [-0.39, 0.29) is 0 Å². The molecule has 0 radical (unpaired) electrons. The number of para-hydroxylation sites is 1. The molecule has 3 heteroatoms. The van der Waals surface area contributed by atoms with Gasteiger partial charge < -0.3 is 10.1 Å². The van der Waals surface area contributed by atoms with Gasteiger partial charge in [-0.1, -0.05) is 12.1 Å². The molecular formula is C11H16BrNO. The van der Waals surface area contributed by atoms with Gasteiger partial charge in [-0.05, 0) is 48.0 Å². The summed E-state index contributed by atoms with van der Waals surface area (Å²) in [7, 11) is 3.67. The average molecular weight is 258 g/mol. The summed E-state index contributed by atoms with van der Waals surface area (Å²) in [5, 5.41) is 3.21. The number of halogens is 1. The number of rotatable bonds is 4. The molecule has 78 valence electrons. The first kappa shape index (κ1) is 11.5. The zero-order chi connectivity index (χ0) is 10.6. The van der Waals surface area contributed by atoms with Crippen molar-refractivity contribution in [1.29, 1.82) is 0 Å². The molecule has 0 fully saturated rings. The maximum absolute atomic E-state index is 5.35. The number of likely N-dealkylation sites (N-methyl/N-ethyl adjacent to an activating group) is 1. The Bertz CT molecular complexity index is 301. The van der Waals surface area contributed by atoms with Crippen LogP contribution in [0.3, 0.4) is 0 Å². The molecule has 1 rings (SSSR count). The molecule has 0 bridgehead atoms. The summed E-state index contributed by atoms with van der Waals surface area (Å²) in [6.45, 7) is 2.15. The van der Waals surface area contributed by atoms with Gasteiger partial charge in [0.05, 0.1) is 11.6 Å². The Kier molecular flexibility index (Phi) is 4.42. The monoisotopic (exact) mass is 257 g/mol. The number of hydrogen-bond donors (Lipinski definition) is 1. The second kappa shape index (κ2) is 5.37. The zero-order valence-electron chi connectivity index (χ0n) is 8.80. The van der Waals surface area contributed by atoms with Crippen LogP contribution in [0.2, 0.25) is 0 Å². The topological polar surface area (TPSA) is 21.3 Å². The van der Waals surface area contributed by atoms with Crippen LogP contribution in [-0.4, -0.2) is 20.2 Å². The van der Waals surface area contributed by atoms with Gasteiger partial charge in [-0.25, -0.2) is 0 Å². The predicted molar refractivity (Wildman–Crippen MR) is 62.9 cm³/mol. The van der Waals surface area contributed by atoms with Crippen molar-refractivity contribution in [3.63, 3.8) is 0 Å². The summed E-state index contributed by atoms with van der Waals surface area (Å²) in [6, 6.07) is 6.58. The standard InChI is InChI=1S/C11H16BrNO/c1-8(13-2)7-9-5-4-6-10(12)11(9)14-3/h4-6,8,13H,7H2,1-3H3. The second-order valence-electron chi connectivity index (χ2n) is 3.33. The highest BCUT2D eigenvalue weighted by atomic mass is 79.9. The smallest absolute Gasteiger partial charge is 0.136 e. The van der Waals surface area contributed by atoms with Crippen LogP contribution in [0.15, 0.2) is 22.7 Å². The maximum atomic E-state index is 5.35. The van der Waals surface area contributed by atoms with Gasteiger partial charge in [-0.2, -0.15) is 0 Å². The first-order chi connectivity index (χ1) is 6.69. The van der Waals surface area contributed by atoms with Gasteiger partial charge in [-0.3, -0.25) is 0 Å². The number of nitrogens with one attached hydrogen (secondary N) is 1. The molecule has 1 aromatic carbocycles. The molecule has 1 unspecified atom stereocenters. The Hall–Kier alpha value is -0.540. The Balaban J connectivity index is 2.90. The SMILES string of the molecule is CNC(C)Cc1cccc(Br)c1OC. The van der Waals surface area contributed by atoms with Crippen LogP contribution in [0.25, 0.3) is 0 Å². The Labute approximate surface area is 93.8 Å². The highest BCUT2D eigenvalue weighted by Crippen LogP contribution is 2.29. The zero-order valence-corrected chi connectivity index (χ0v) is 10.4. The van der Waals surface area contributed by atoms with E-state index in [4.69, 9.17) is 4.74 Å². The molecule has 0 heterocycles. The van der Waals surface area contributed by atoms with Crippen molar-refractivity contribution in [2.75, 3.05) is 14.2 Å². The number of hydrogen-bond acceptors (Lipinski definition) is 2. The number of benzene rings is 1. The van der Waals surface area contributed by atoms with Crippen molar-refractivity contribution in [2.24, 2.45) is 0 Å². The summed E-state index contributed by atoms with van der Waals surface area (Å²) in [6.07, 6.45) is 0.971. The quantitative estimate of drug-likeness (QED) is 0.896. The van der Waals surface area contributed by atoms with E-state index in [1.54, 1.807) is 7.11 Å².